The zero-order valence-corrected chi connectivity index (χ0v) is 13.5. The first kappa shape index (κ1) is 14.0. The predicted octanol–water partition coefficient (Wildman–Crippen LogP) is -0.586. The van der Waals surface area contributed by atoms with Gasteiger partial charge in [0.15, 0.2) is 0 Å². The smallest absolute Gasteiger partial charge is 1.00 e. The van der Waals surface area contributed by atoms with Gasteiger partial charge in [0.25, 0.3) is 0 Å². The number of aryl methyl sites for hydroxylation is 3. The van der Waals surface area contributed by atoms with Crippen LogP contribution in [0, 0.1) is 26.8 Å². The van der Waals surface area contributed by atoms with E-state index in [9.17, 15) is 0 Å². The van der Waals surface area contributed by atoms with Crippen LogP contribution in [0.2, 0.25) is 0 Å². The summed E-state index contributed by atoms with van der Waals surface area (Å²) in [7, 11) is 0. The summed E-state index contributed by atoms with van der Waals surface area (Å²) in [5.74, 6) is 0. The van der Waals surface area contributed by atoms with Gasteiger partial charge in [0.1, 0.15) is 0 Å². The van der Waals surface area contributed by atoms with E-state index in [2.05, 4.69) is 39.0 Å². The standard InChI is InChI=1S/C9H11.ClH.Hg/c1-7-4-8(2)6-9(3)5-7;;/h4-5H,1-3H3;1H;/q;;+1/p-1. The molecule has 0 nitrogen and oxygen atoms in total. The summed E-state index contributed by atoms with van der Waals surface area (Å²) in [5.41, 5.74) is 3.78. The van der Waals surface area contributed by atoms with Gasteiger partial charge in [-0.25, -0.2) is 0 Å². The van der Waals surface area contributed by atoms with E-state index < -0.39 is 0 Å². The number of hydrogen-bond donors (Lipinski definition) is 0. The maximum Gasteiger partial charge on any atom is 1.00 e. The van der Waals surface area contributed by atoms with Crippen molar-refractivity contribution in [3.8, 4) is 0 Å². The molecule has 0 bridgehead atoms. The molecule has 0 heterocycles. The van der Waals surface area contributed by atoms with Crippen LogP contribution in [-0.2, 0) is 27.7 Å². The number of rotatable bonds is 0. The van der Waals surface area contributed by atoms with Crippen LogP contribution >= 0.6 is 0 Å². The van der Waals surface area contributed by atoms with Gasteiger partial charge in [0, 0.05) is 0 Å². The molecule has 2 radical (unpaired) electrons. The number of benzene rings is 1. The molecule has 0 spiro atoms. The van der Waals surface area contributed by atoms with E-state index in [1.165, 1.54) is 16.7 Å². The van der Waals surface area contributed by atoms with E-state index >= 15 is 0 Å². The second-order valence-corrected chi connectivity index (χ2v) is 2.52. The van der Waals surface area contributed by atoms with Crippen LogP contribution in [0.3, 0.4) is 0 Å². The van der Waals surface area contributed by atoms with E-state index in [0.29, 0.717) is 0 Å². The Morgan fingerprint density at radius 1 is 1.00 bits per heavy atom. The van der Waals surface area contributed by atoms with Gasteiger partial charge in [-0.05, 0) is 38.0 Å². The monoisotopic (exact) mass is 356 g/mol. The molecule has 1 aromatic carbocycles. The van der Waals surface area contributed by atoms with E-state index in [-0.39, 0.29) is 40.1 Å². The molecule has 1 aromatic rings. The molecule has 0 amide bonds. The maximum absolute atomic E-state index is 3.21. The van der Waals surface area contributed by atoms with E-state index in [4.69, 9.17) is 0 Å². The Morgan fingerprint density at radius 3 is 1.64 bits per heavy atom. The van der Waals surface area contributed by atoms with E-state index in [1.54, 1.807) is 0 Å². The van der Waals surface area contributed by atoms with Crippen molar-refractivity contribution in [2.45, 2.75) is 20.8 Å². The third kappa shape index (κ3) is 4.81. The second-order valence-electron chi connectivity index (χ2n) is 2.52. The van der Waals surface area contributed by atoms with Crippen molar-refractivity contribution in [3.63, 3.8) is 0 Å². The van der Waals surface area contributed by atoms with Crippen LogP contribution in [0.15, 0.2) is 12.1 Å². The van der Waals surface area contributed by atoms with Crippen LogP contribution in [0.1, 0.15) is 16.7 Å². The van der Waals surface area contributed by atoms with Gasteiger partial charge in [-0.3, -0.25) is 0 Å². The van der Waals surface area contributed by atoms with Gasteiger partial charge in [-0.1, -0.05) is 17.7 Å². The Bertz CT molecular complexity index is 170. The van der Waals surface area contributed by atoms with Crippen molar-refractivity contribution in [2.24, 2.45) is 0 Å². The molecule has 0 aliphatic heterocycles. The molecular formula is C9H11ClHg. The maximum atomic E-state index is 3.21. The quantitative estimate of drug-likeness (QED) is 0.546. The first-order chi connectivity index (χ1) is 4.18. The minimum Gasteiger partial charge on any atom is -1.00 e. The second kappa shape index (κ2) is 6.02. The van der Waals surface area contributed by atoms with Crippen molar-refractivity contribution < 1.29 is 40.1 Å². The van der Waals surface area contributed by atoms with Crippen molar-refractivity contribution in [2.75, 3.05) is 0 Å². The number of hydrogen-bond acceptors (Lipinski definition) is 0. The van der Waals surface area contributed by atoms with Crippen LogP contribution < -0.4 is 12.4 Å². The molecule has 0 fully saturated rings. The van der Waals surface area contributed by atoms with Crippen LogP contribution in [0.4, 0.5) is 0 Å². The summed E-state index contributed by atoms with van der Waals surface area (Å²) in [4.78, 5) is 0. The van der Waals surface area contributed by atoms with Gasteiger partial charge in [0.2, 0.25) is 0 Å². The molecule has 0 saturated carbocycles. The fraction of sp³-hybridized carbons (Fsp3) is 0.333. The van der Waals surface area contributed by atoms with Gasteiger partial charge in [-0.2, -0.15) is 0 Å². The molecule has 0 unspecified atom stereocenters. The topological polar surface area (TPSA) is 0 Å². The average molecular weight is 355 g/mol. The molecular weight excluding hydrogens is 344 g/mol. The van der Waals surface area contributed by atoms with Crippen molar-refractivity contribution in [1.29, 1.82) is 0 Å². The summed E-state index contributed by atoms with van der Waals surface area (Å²) in [6.45, 7) is 6.24. The molecule has 0 aliphatic rings. The molecule has 56 valence electrons. The largest absolute Gasteiger partial charge is 1.00 e. The van der Waals surface area contributed by atoms with Gasteiger partial charge in [-0.15, -0.1) is 0 Å². The minimum atomic E-state index is 0. The van der Waals surface area contributed by atoms with Gasteiger partial charge >= 0.3 is 27.7 Å². The van der Waals surface area contributed by atoms with Crippen LogP contribution in [-0.4, -0.2) is 0 Å². The van der Waals surface area contributed by atoms with Gasteiger partial charge in [0.05, 0.1) is 0 Å². The first-order valence-corrected chi connectivity index (χ1v) is 3.15. The van der Waals surface area contributed by atoms with Crippen LogP contribution in [0.25, 0.3) is 0 Å². The fourth-order valence-corrected chi connectivity index (χ4v) is 1.11. The summed E-state index contributed by atoms with van der Waals surface area (Å²) in [5, 5.41) is 0. The summed E-state index contributed by atoms with van der Waals surface area (Å²) in [6.07, 6.45) is 0. The van der Waals surface area contributed by atoms with Crippen LogP contribution in [0.5, 0.6) is 0 Å². The molecule has 0 atom stereocenters. The molecule has 0 aromatic heterocycles. The minimum absolute atomic E-state index is 0. The number of halogens is 1. The molecule has 1 rings (SSSR count). The Morgan fingerprint density at radius 2 is 1.36 bits per heavy atom. The molecule has 0 saturated heterocycles. The predicted molar refractivity (Wildman–Crippen MR) is 39.5 cm³/mol. The summed E-state index contributed by atoms with van der Waals surface area (Å²) in [6, 6.07) is 7.47. The molecule has 0 N–H and O–H groups in total. The van der Waals surface area contributed by atoms with E-state index in [0.717, 1.165) is 0 Å². The zero-order valence-electron chi connectivity index (χ0n) is 7.24. The van der Waals surface area contributed by atoms with Crippen molar-refractivity contribution in [1.82, 2.24) is 0 Å². The average Bonchev–Trinajstić information content (AvgIpc) is 1.59. The third-order valence-electron chi connectivity index (χ3n) is 1.28. The molecule has 2 heteroatoms. The third-order valence-corrected chi connectivity index (χ3v) is 1.28. The van der Waals surface area contributed by atoms with E-state index in [1.807, 2.05) is 0 Å². The summed E-state index contributed by atoms with van der Waals surface area (Å²) >= 11 is 0. The SMILES string of the molecule is Cc1[c]c(C)cc(C)c1.[Cl-].[Hg+]. The fourth-order valence-electron chi connectivity index (χ4n) is 1.11. The Hall–Kier alpha value is 0.445. The molecule has 11 heavy (non-hydrogen) atoms. The molecule has 0 aliphatic carbocycles. The zero-order chi connectivity index (χ0) is 6.85. The Kier molecular flexibility index (Phi) is 7.66. The first-order valence-electron chi connectivity index (χ1n) is 3.15. The Balaban J connectivity index is 0. The van der Waals surface area contributed by atoms with Crippen molar-refractivity contribution >= 4 is 0 Å². The normalized spacial score (nSPS) is 7.91. The Labute approximate surface area is 95.3 Å². The van der Waals surface area contributed by atoms with Crippen molar-refractivity contribution in [3.05, 3.63) is 34.9 Å². The van der Waals surface area contributed by atoms with Gasteiger partial charge < -0.3 is 12.4 Å². The summed E-state index contributed by atoms with van der Waals surface area (Å²) < 4.78 is 0.